The molecule has 0 saturated heterocycles. The zero-order chi connectivity index (χ0) is 19.1. The molecule has 2 aromatic carbocycles. The molecule has 0 aliphatic rings. The van der Waals surface area contributed by atoms with Crippen molar-refractivity contribution in [3.8, 4) is 0 Å². The van der Waals surface area contributed by atoms with Crippen molar-refractivity contribution in [3.63, 3.8) is 0 Å². The third kappa shape index (κ3) is 4.99. The SMILES string of the molecule is O=C(CCC(=O)c1cccs1)O[C@@H](C(=O)c1ccccc1)c1ccccc1. The smallest absolute Gasteiger partial charge is 0.307 e. The number of hydrogen-bond donors (Lipinski definition) is 0. The Morgan fingerprint density at radius 1 is 0.815 bits per heavy atom. The van der Waals surface area contributed by atoms with Gasteiger partial charge in [-0.1, -0.05) is 66.7 Å². The van der Waals surface area contributed by atoms with Gasteiger partial charge in [-0.2, -0.15) is 0 Å². The van der Waals surface area contributed by atoms with E-state index in [2.05, 4.69) is 0 Å². The molecule has 1 atom stereocenters. The van der Waals surface area contributed by atoms with Crippen molar-refractivity contribution in [2.45, 2.75) is 18.9 Å². The summed E-state index contributed by atoms with van der Waals surface area (Å²) in [5.74, 6) is -0.967. The fraction of sp³-hybridized carbons (Fsp3) is 0.136. The summed E-state index contributed by atoms with van der Waals surface area (Å²) < 4.78 is 5.48. The molecule has 3 rings (SSSR count). The molecule has 0 aliphatic heterocycles. The number of esters is 1. The number of benzene rings is 2. The van der Waals surface area contributed by atoms with E-state index in [0.29, 0.717) is 16.0 Å². The van der Waals surface area contributed by atoms with Gasteiger partial charge in [0, 0.05) is 17.5 Å². The first-order chi connectivity index (χ1) is 13.1. The van der Waals surface area contributed by atoms with E-state index in [1.165, 1.54) is 11.3 Å². The fourth-order valence-electron chi connectivity index (χ4n) is 2.62. The van der Waals surface area contributed by atoms with Gasteiger partial charge in [0.25, 0.3) is 0 Å². The number of rotatable bonds is 8. The zero-order valence-corrected chi connectivity index (χ0v) is 15.4. The van der Waals surface area contributed by atoms with Crippen LogP contribution in [0.25, 0.3) is 0 Å². The first kappa shape index (κ1) is 18.7. The van der Waals surface area contributed by atoms with Crippen molar-refractivity contribution in [1.29, 1.82) is 0 Å². The van der Waals surface area contributed by atoms with E-state index in [-0.39, 0.29) is 24.4 Å². The molecule has 0 spiro atoms. The molecule has 3 aromatic rings. The fourth-order valence-corrected chi connectivity index (χ4v) is 3.32. The molecule has 1 heterocycles. The van der Waals surface area contributed by atoms with Crippen LogP contribution in [0.5, 0.6) is 0 Å². The van der Waals surface area contributed by atoms with Gasteiger partial charge in [0.15, 0.2) is 11.9 Å². The van der Waals surface area contributed by atoms with E-state index < -0.39 is 12.1 Å². The van der Waals surface area contributed by atoms with Gasteiger partial charge in [0.05, 0.1) is 11.3 Å². The number of ketones is 2. The predicted octanol–water partition coefficient (Wildman–Crippen LogP) is 4.88. The largest absolute Gasteiger partial charge is 0.449 e. The van der Waals surface area contributed by atoms with Crippen molar-refractivity contribution < 1.29 is 19.1 Å². The van der Waals surface area contributed by atoms with Crippen LogP contribution in [0.15, 0.2) is 78.2 Å². The van der Waals surface area contributed by atoms with Gasteiger partial charge < -0.3 is 4.74 Å². The molecule has 0 amide bonds. The minimum atomic E-state index is -1.03. The Morgan fingerprint density at radius 3 is 2.11 bits per heavy atom. The number of thiophene rings is 1. The minimum absolute atomic E-state index is 0.0559. The third-order valence-corrected chi connectivity index (χ3v) is 4.91. The molecule has 136 valence electrons. The molecule has 5 heteroatoms. The summed E-state index contributed by atoms with van der Waals surface area (Å²) in [5, 5.41) is 1.81. The lowest BCUT2D eigenvalue weighted by atomic mass is 10.00. The van der Waals surface area contributed by atoms with Crippen LogP contribution in [-0.2, 0) is 9.53 Å². The van der Waals surface area contributed by atoms with Gasteiger partial charge in [-0.05, 0) is 11.4 Å². The molecular weight excluding hydrogens is 360 g/mol. The second-order valence-electron chi connectivity index (χ2n) is 5.91. The number of Topliss-reactive ketones (excluding diaryl/α,β-unsaturated/α-hetero) is 2. The Balaban J connectivity index is 1.70. The van der Waals surface area contributed by atoms with Crippen LogP contribution in [0.3, 0.4) is 0 Å². The van der Waals surface area contributed by atoms with Crippen molar-refractivity contribution in [3.05, 3.63) is 94.2 Å². The van der Waals surface area contributed by atoms with Crippen LogP contribution in [0, 0.1) is 0 Å². The Labute approximate surface area is 161 Å². The highest BCUT2D eigenvalue weighted by Crippen LogP contribution is 2.23. The highest BCUT2D eigenvalue weighted by Gasteiger charge is 2.26. The molecule has 0 aliphatic carbocycles. The quantitative estimate of drug-likeness (QED) is 0.414. The maximum atomic E-state index is 12.9. The van der Waals surface area contributed by atoms with Gasteiger partial charge in [-0.15, -0.1) is 11.3 Å². The number of carbonyl (C=O) groups excluding carboxylic acids is 3. The molecular formula is C22H18O4S. The van der Waals surface area contributed by atoms with Crippen molar-refractivity contribution in [1.82, 2.24) is 0 Å². The number of ether oxygens (including phenoxy) is 1. The topological polar surface area (TPSA) is 60.4 Å². The van der Waals surface area contributed by atoms with Gasteiger partial charge in [0.2, 0.25) is 5.78 Å². The number of hydrogen-bond acceptors (Lipinski definition) is 5. The lowest BCUT2D eigenvalue weighted by Gasteiger charge is -2.17. The van der Waals surface area contributed by atoms with Crippen LogP contribution in [-0.4, -0.2) is 17.5 Å². The maximum absolute atomic E-state index is 12.9. The van der Waals surface area contributed by atoms with E-state index >= 15 is 0 Å². The predicted molar refractivity (Wildman–Crippen MR) is 104 cm³/mol. The zero-order valence-electron chi connectivity index (χ0n) is 14.5. The Bertz CT molecular complexity index is 902. The average molecular weight is 378 g/mol. The van der Waals surface area contributed by atoms with Crippen LogP contribution < -0.4 is 0 Å². The lowest BCUT2D eigenvalue weighted by molar-refractivity contribution is -0.147. The Hall–Kier alpha value is -3.05. The van der Waals surface area contributed by atoms with E-state index in [1.807, 2.05) is 17.5 Å². The van der Waals surface area contributed by atoms with E-state index in [9.17, 15) is 14.4 Å². The first-order valence-corrected chi connectivity index (χ1v) is 9.43. The summed E-state index contributed by atoms with van der Waals surface area (Å²) in [5.41, 5.74) is 1.07. The van der Waals surface area contributed by atoms with E-state index in [0.717, 1.165) is 0 Å². The van der Waals surface area contributed by atoms with Gasteiger partial charge in [-0.25, -0.2) is 0 Å². The minimum Gasteiger partial charge on any atom is -0.449 e. The van der Waals surface area contributed by atoms with Crippen molar-refractivity contribution >= 4 is 28.9 Å². The van der Waals surface area contributed by atoms with Crippen molar-refractivity contribution in [2.75, 3.05) is 0 Å². The van der Waals surface area contributed by atoms with Crippen molar-refractivity contribution in [2.24, 2.45) is 0 Å². The normalized spacial score (nSPS) is 11.6. The Morgan fingerprint density at radius 2 is 1.48 bits per heavy atom. The van der Waals surface area contributed by atoms with Crippen LogP contribution >= 0.6 is 11.3 Å². The first-order valence-electron chi connectivity index (χ1n) is 8.55. The summed E-state index contributed by atoms with van der Waals surface area (Å²) in [6, 6.07) is 21.1. The maximum Gasteiger partial charge on any atom is 0.307 e. The summed E-state index contributed by atoms with van der Waals surface area (Å²) in [6.07, 6.45) is -1.04. The highest BCUT2D eigenvalue weighted by atomic mass is 32.1. The molecule has 0 radical (unpaired) electrons. The van der Waals surface area contributed by atoms with Gasteiger partial charge >= 0.3 is 5.97 Å². The molecule has 0 unspecified atom stereocenters. The molecule has 1 aromatic heterocycles. The van der Waals surface area contributed by atoms with Crippen LogP contribution in [0.1, 0.15) is 44.5 Å². The summed E-state index contributed by atoms with van der Waals surface area (Å²) in [6.45, 7) is 0. The standard InChI is InChI=1S/C22H18O4S/c23-18(19-12-7-15-27-19)13-14-20(24)26-22(17-10-5-2-6-11-17)21(25)16-8-3-1-4-9-16/h1-12,15,22H,13-14H2/t22-/m1/s1. The molecule has 0 N–H and O–H groups in total. The molecule has 0 saturated carbocycles. The lowest BCUT2D eigenvalue weighted by Crippen LogP contribution is -2.20. The molecule has 4 nitrogen and oxygen atoms in total. The van der Waals surface area contributed by atoms with Crippen LogP contribution in [0.4, 0.5) is 0 Å². The second kappa shape index (κ2) is 9.05. The molecule has 0 bridgehead atoms. The van der Waals surface area contributed by atoms with Gasteiger partial charge in [0.1, 0.15) is 0 Å². The van der Waals surface area contributed by atoms with Crippen LogP contribution in [0.2, 0.25) is 0 Å². The third-order valence-electron chi connectivity index (χ3n) is 4.00. The second-order valence-corrected chi connectivity index (χ2v) is 6.86. The van der Waals surface area contributed by atoms with Gasteiger partial charge in [-0.3, -0.25) is 14.4 Å². The highest BCUT2D eigenvalue weighted by molar-refractivity contribution is 7.12. The molecule has 27 heavy (non-hydrogen) atoms. The molecule has 0 fully saturated rings. The Kier molecular flexibility index (Phi) is 6.28. The number of carbonyl (C=O) groups is 3. The summed E-state index contributed by atoms with van der Waals surface area (Å²) in [4.78, 5) is 37.8. The van der Waals surface area contributed by atoms with E-state index in [4.69, 9.17) is 4.74 Å². The summed E-state index contributed by atoms with van der Waals surface area (Å²) >= 11 is 1.34. The monoisotopic (exact) mass is 378 g/mol. The average Bonchev–Trinajstić information content (AvgIpc) is 3.26. The van der Waals surface area contributed by atoms with E-state index in [1.54, 1.807) is 60.7 Å². The summed E-state index contributed by atoms with van der Waals surface area (Å²) in [7, 11) is 0.